The third-order valence-electron chi connectivity index (χ3n) is 3.45. The predicted molar refractivity (Wildman–Crippen MR) is 85.0 cm³/mol. The highest BCUT2D eigenvalue weighted by molar-refractivity contribution is 7.99. The van der Waals surface area contributed by atoms with Crippen LogP contribution in [0.3, 0.4) is 0 Å². The minimum Gasteiger partial charge on any atom is -0.357 e. The van der Waals surface area contributed by atoms with Crippen molar-refractivity contribution in [2.75, 3.05) is 36.0 Å². The molecule has 1 aromatic rings. The van der Waals surface area contributed by atoms with E-state index in [2.05, 4.69) is 34.3 Å². The second kappa shape index (κ2) is 8.43. The molecule has 106 valence electrons. The van der Waals surface area contributed by atoms with Gasteiger partial charge in [0.1, 0.15) is 5.82 Å². The molecule has 0 unspecified atom stereocenters. The summed E-state index contributed by atoms with van der Waals surface area (Å²) in [6, 6.07) is 4.36. The molecule has 1 aliphatic heterocycles. The predicted octanol–water partition coefficient (Wildman–Crippen LogP) is 2.91. The van der Waals surface area contributed by atoms with Crippen molar-refractivity contribution < 1.29 is 0 Å². The Morgan fingerprint density at radius 1 is 1.32 bits per heavy atom. The molecule has 19 heavy (non-hydrogen) atoms. The van der Waals surface area contributed by atoms with E-state index in [1.807, 2.05) is 18.0 Å². The third-order valence-corrected chi connectivity index (χ3v) is 4.35. The van der Waals surface area contributed by atoms with E-state index in [0.29, 0.717) is 0 Å². The summed E-state index contributed by atoms with van der Waals surface area (Å²) in [5.74, 6) is 3.55. The van der Waals surface area contributed by atoms with E-state index in [0.717, 1.165) is 32.0 Å². The van der Waals surface area contributed by atoms with E-state index in [1.165, 1.54) is 36.3 Å². The Balaban J connectivity index is 1.81. The minimum absolute atomic E-state index is 0.952. The molecule has 3 nitrogen and oxygen atoms in total. The summed E-state index contributed by atoms with van der Waals surface area (Å²) in [5.41, 5.74) is 1.34. The lowest BCUT2D eigenvalue weighted by atomic mass is 10.1. The van der Waals surface area contributed by atoms with Gasteiger partial charge in [-0.3, -0.25) is 0 Å². The Morgan fingerprint density at radius 2 is 2.16 bits per heavy atom. The smallest absolute Gasteiger partial charge is 0.128 e. The van der Waals surface area contributed by atoms with Gasteiger partial charge in [0, 0.05) is 38.1 Å². The van der Waals surface area contributed by atoms with Gasteiger partial charge in [0.05, 0.1) is 0 Å². The second-order valence-corrected chi connectivity index (χ2v) is 6.34. The van der Waals surface area contributed by atoms with Crippen molar-refractivity contribution >= 4 is 17.6 Å². The van der Waals surface area contributed by atoms with Crippen LogP contribution in [0, 0.1) is 0 Å². The number of anilines is 1. The molecule has 1 N–H and O–H groups in total. The van der Waals surface area contributed by atoms with Crippen LogP contribution in [-0.2, 0) is 6.54 Å². The normalized spacial score (nSPS) is 15.7. The van der Waals surface area contributed by atoms with Crippen molar-refractivity contribution in [3.8, 4) is 0 Å². The van der Waals surface area contributed by atoms with Gasteiger partial charge in [0.15, 0.2) is 0 Å². The summed E-state index contributed by atoms with van der Waals surface area (Å²) in [6.45, 7) is 6.57. The minimum atomic E-state index is 0.952. The number of aromatic nitrogens is 1. The highest BCUT2D eigenvalue weighted by Gasteiger charge is 2.11. The highest BCUT2D eigenvalue weighted by Crippen LogP contribution is 2.18. The van der Waals surface area contributed by atoms with E-state index in [1.54, 1.807) is 0 Å². The van der Waals surface area contributed by atoms with Crippen molar-refractivity contribution in [1.82, 2.24) is 10.3 Å². The third kappa shape index (κ3) is 5.03. The Kier molecular flexibility index (Phi) is 6.51. The molecule has 1 fully saturated rings. The molecule has 0 spiro atoms. The first kappa shape index (κ1) is 14.7. The maximum Gasteiger partial charge on any atom is 0.128 e. The fourth-order valence-corrected chi connectivity index (χ4v) is 2.97. The van der Waals surface area contributed by atoms with Gasteiger partial charge < -0.3 is 10.2 Å². The number of rotatable bonds is 7. The molecule has 0 radical (unpaired) electrons. The number of piperidine rings is 1. The molecule has 0 aliphatic carbocycles. The van der Waals surface area contributed by atoms with Gasteiger partial charge in [-0.25, -0.2) is 4.98 Å². The SMILES string of the molecule is CCSCCNCc1ccnc(N2CCCCC2)c1. The summed E-state index contributed by atoms with van der Waals surface area (Å²) in [5, 5.41) is 3.50. The topological polar surface area (TPSA) is 28.2 Å². The Morgan fingerprint density at radius 3 is 2.95 bits per heavy atom. The summed E-state index contributed by atoms with van der Waals surface area (Å²) >= 11 is 1.99. The maximum absolute atomic E-state index is 4.51. The van der Waals surface area contributed by atoms with Gasteiger partial charge >= 0.3 is 0 Å². The van der Waals surface area contributed by atoms with Crippen molar-refractivity contribution in [1.29, 1.82) is 0 Å². The molecular weight excluding hydrogens is 254 g/mol. The number of nitrogens with one attached hydrogen (secondary N) is 1. The Bertz CT molecular complexity index is 364. The summed E-state index contributed by atoms with van der Waals surface area (Å²) in [7, 11) is 0. The van der Waals surface area contributed by atoms with E-state index in [4.69, 9.17) is 0 Å². The van der Waals surface area contributed by atoms with Crippen LogP contribution in [0.15, 0.2) is 18.3 Å². The van der Waals surface area contributed by atoms with Crippen LogP contribution in [0.4, 0.5) is 5.82 Å². The van der Waals surface area contributed by atoms with Gasteiger partial charge in [-0.05, 0) is 42.7 Å². The van der Waals surface area contributed by atoms with Gasteiger partial charge in [0.2, 0.25) is 0 Å². The lowest BCUT2D eigenvalue weighted by Crippen LogP contribution is -2.30. The Labute approximate surface area is 121 Å². The largest absolute Gasteiger partial charge is 0.357 e. The van der Waals surface area contributed by atoms with Crippen LogP contribution in [0.1, 0.15) is 31.7 Å². The lowest BCUT2D eigenvalue weighted by Gasteiger charge is -2.27. The number of nitrogens with zero attached hydrogens (tertiary/aromatic N) is 2. The summed E-state index contributed by atoms with van der Waals surface area (Å²) in [6.07, 6.45) is 5.92. The number of hydrogen-bond donors (Lipinski definition) is 1. The molecule has 0 saturated carbocycles. The zero-order valence-corrected chi connectivity index (χ0v) is 12.7. The Hall–Kier alpha value is -0.740. The van der Waals surface area contributed by atoms with Crippen molar-refractivity contribution in [3.05, 3.63) is 23.9 Å². The molecule has 2 heterocycles. The second-order valence-electron chi connectivity index (χ2n) is 4.94. The van der Waals surface area contributed by atoms with E-state index < -0.39 is 0 Å². The van der Waals surface area contributed by atoms with Gasteiger partial charge in [-0.2, -0.15) is 11.8 Å². The standard InChI is InChI=1S/C15H25N3S/c1-2-19-11-8-16-13-14-6-7-17-15(12-14)18-9-4-3-5-10-18/h6-7,12,16H,2-5,8-11,13H2,1H3. The van der Waals surface area contributed by atoms with Gasteiger partial charge in [-0.15, -0.1) is 0 Å². The molecule has 0 bridgehead atoms. The molecule has 1 aliphatic rings. The maximum atomic E-state index is 4.51. The van der Waals surface area contributed by atoms with E-state index in [9.17, 15) is 0 Å². The van der Waals surface area contributed by atoms with Crippen molar-refractivity contribution in [3.63, 3.8) is 0 Å². The zero-order chi connectivity index (χ0) is 13.3. The van der Waals surface area contributed by atoms with Crippen LogP contribution >= 0.6 is 11.8 Å². The number of thioether (sulfide) groups is 1. The average molecular weight is 279 g/mol. The highest BCUT2D eigenvalue weighted by atomic mass is 32.2. The van der Waals surface area contributed by atoms with E-state index >= 15 is 0 Å². The first-order valence-corrected chi connectivity index (χ1v) is 8.54. The van der Waals surface area contributed by atoms with Crippen molar-refractivity contribution in [2.24, 2.45) is 0 Å². The van der Waals surface area contributed by atoms with Gasteiger partial charge in [0.25, 0.3) is 0 Å². The lowest BCUT2D eigenvalue weighted by molar-refractivity contribution is 0.573. The first-order chi connectivity index (χ1) is 9.40. The summed E-state index contributed by atoms with van der Waals surface area (Å²) < 4.78 is 0. The zero-order valence-electron chi connectivity index (χ0n) is 11.9. The van der Waals surface area contributed by atoms with Gasteiger partial charge in [-0.1, -0.05) is 6.92 Å². The molecule has 1 saturated heterocycles. The molecule has 0 aromatic carbocycles. The van der Waals surface area contributed by atoms with Crippen LogP contribution in [-0.4, -0.2) is 36.1 Å². The first-order valence-electron chi connectivity index (χ1n) is 7.38. The van der Waals surface area contributed by atoms with Crippen LogP contribution in [0.5, 0.6) is 0 Å². The molecule has 1 aromatic heterocycles. The van der Waals surface area contributed by atoms with Crippen LogP contribution in [0.2, 0.25) is 0 Å². The average Bonchev–Trinajstić information content (AvgIpc) is 2.48. The monoisotopic (exact) mass is 279 g/mol. The fourth-order valence-electron chi connectivity index (χ4n) is 2.39. The van der Waals surface area contributed by atoms with Crippen LogP contribution < -0.4 is 10.2 Å². The number of pyridine rings is 1. The fraction of sp³-hybridized carbons (Fsp3) is 0.667. The molecule has 0 amide bonds. The van der Waals surface area contributed by atoms with Crippen LogP contribution in [0.25, 0.3) is 0 Å². The number of hydrogen-bond acceptors (Lipinski definition) is 4. The quantitative estimate of drug-likeness (QED) is 0.777. The molecule has 4 heteroatoms. The van der Waals surface area contributed by atoms with E-state index in [-0.39, 0.29) is 0 Å². The molecule has 0 atom stereocenters. The molecule has 2 rings (SSSR count). The molecular formula is C15H25N3S. The summed E-state index contributed by atoms with van der Waals surface area (Å²) in [4.78, 5) is 6.93. The van der Waals surface area contributed by atoms with Crippen molar-refractivity contribution in [2.45, 2.75) is 32.7 Å².